The molecule has 0 saturated heterocycles. The van der Waals surface area contributed by atoms with Crippen molar-refractivity contribution in [3.05, 3.63) is 16.7 Å². The predicted molar refractivity (Wildman–Crippen MR) is 66.1 cm³/mol. The summed E-state index contributed by atoms with van der Waals surface area (Å²) in [5, 5.41) is 29.6. The third kappa shape index (κ3) is 2.07. The van der Waals surface area contributed by atoms with E-state index in [4.69, 9.17) is 5.73 Å². The Hall–Kier alpha value is -1.97. The van der Waals surface area contributed by atoms with Gasteiger partial charge in [-0.1, -0.05) is 0 Å². The molecule has 9 nitrogen and oxygen atoms in total. The first-order valence-corrected chi connectivity index (χ1v) is 5.56. The molecule has 0 aliphatic heterocycles. The van der Waals surface area contributed by atoms with E-state index in [-0.39, 0.29) is 17.1 Å². The third-order valence-corrected chi connectivity index (χ3v) is 3.08. The van der Waals surface area contributed by atoms with Crippen LogP contribution in [0.4, 0.5) is 5.95 Å². The summed E-state index contributed by atoms with van der Waals surface area (Å²) in [6.07, 6.45) is -1.60. The van der Waals surface area contributed by atoms with Crippen molar-refractivity contribution < 1.29 is 15.3 Å². The number of aromatic nitrogens is 4. The van der Waals surface area contributed by atoms with E-state index in [1.807, 2.05) is 0 Å². The van der Waals surface area contributed by atoms with Gasteiger partial charge in [0.2, 0.25) is 5.95 Å². The van der Waals surface area contributed by atoms with Crippen LogP contribution in [0, 0.1) is 0 Å². The van der Waals surface area contributed by atoms with Crippen molar-refractivity contribution in [2.24, 2.45) is 0 Å². The van der Waals surface area contributed by atoms with Crippen molar-refractivity contribution >= 4 is 17.1 Å². The maximum absolute atomic E-state index is 11.6. The molecule has 6 N–H and O–H groups in total. The van der Waals surface area contributed by atoms with E-state index in [0.717, 1.165) is 10.9 Å². The fourth-order valence-electron chi connectivity index (χ4n) is 1.62. The van der Waals surface area contributed by atoms with E-state index in [0.29, 0.717) is 0 Å². The zero-order valence-corrected chi connectivity index (χ0v) is 10.4. The Bertz CT molecular complexity index is 659. The second-order valence-corrected chi connectivity index (χ2v) is 4.55. The van der Waals surface area contributed by atoms with Crippen LogP contribution in [0.3, 0.4) is 0 Å². The number of nitrogens with two attached hydrogens (primary N) is 1. The van der Waals surface area contributed by atoms with Crippen LogP contribution in [-0.2, 0) is 0 Å². The zero-order chi connectivity index (χ0) is 14.4. The number of nitrogen functional groups attached to an aromatic ring is 1. The minimum atomic E-state index is -1.84. The van der Waals surface area contributed by atoms with E-state index in [1.54, 1.807) is 0 Å². The molecule has 0 spiro atoms. The van der Waals surface area contributed by atoms with Crippen molar-refractivity contribution in [1.29, 1.82) is 0 Å². The molecule has 2 aromatic heterocycles. The van der Waals surface area contributed by atoms with Crippen LogP contribution in [0.15, 0.2) is 11.1 Å². The van der Waals surface area contributed by atoms with Gasteiger partial charge in [-0.05, 0) is 13.8 Å². The van der Waals surface area contributed by atoms with Crippen molar-refractivity contribution in [1.82, 2.24) is 19.5 Å². The van der Waals surface area contributed by atoms with Gasteiger partial charge in [0, 0.05) is 0 Å². The van der Waals surface area contributed by atoms with Crippen molar-refractivity contribution in [2.45, 2.75) is 31.8 Å². The molecule has 3 atom stereocenters. The number of aliphatic hydroxyl groups excluding tert-OH is 2. The number of aromatic amines is 1. The van der Waals surface area contributed by atoms with Crippen LogP contribution in [0.2, 0.25) is 0 Å². The average molecular weight is 269 g/mol. The summed E-state index contributed by atoms with van der Waals surface area (Å²) in [5.74, 6) is -0.136. The monoisotopic (exact) mass is 269 g/mol. The van der Waals surface area contributed by atoms with Crippen LogP contribution in [0.5, 0.6) is 0 Å². The topological polar surface area (TPSA) is 150 Å². The second kappa shape index (κ2) is 4.30. The number of imidazole rings is 1. The Kier molecular flexibility index (Phi) is 3.04. The quantitative estimate of drug-likeness (QED) is 0.446. The summed E-state index contributed by atoms with van der Waals surface area (Å²) < 4.78 is 1.08. The van der Waals surface area contributed by atoms with Gasteiger partial charge in [0.25, 0.3) is 5.56 Å². The molecule has 0 radical (unpaired) electrons. The number of H-pyrrole nitrogens is 1. The largest absolute Gasteiger partial charge is 0.390 e. The van der Waals surface area contributed by atoms with Gasteiger partial charge in [-0.25, -0.2) is 4.98 Å². The highest BCUT2D eigenvalue weighted by Gasteiger charge is 2.37. The molecule has 0 saturated carbocycles. The zero-order valence-electron chi connectivity index (χ0n) is 10.4. The molecule has 2 aromatic rings. The first-order valence-electron chi connectivity index (χ1n) is 5.56. The lowest BCUT2D eigenvalue weighted by molar-refractivity contribution is -0.156. The first kappa shape index (κ1) is 13.5. The number of rotatable bonds is 3. The van der Waals surface area contributed by atoms with E-state index in [1.165, 1.54) is 13.8 Å². The fraction of sp³-hybridized carbons (Fsp3) is 0.500. The van der Waals surface area contributed by atoms with Crippen LogP contribution in [0.1, 0.15) is 20.1 Å². The molecule has 0 aliphatic carbocycles. The van der Waals surface area contributed by atoms with Crippen molar-refractivity contribution in [3.8, 4) is 0 Å². The van der Waals surface area contributed by atoms with Gasteiger partial charge in [-0.15, -0.1) is 0 Å². The van der Waals surface area contributed by atoms with Gasteiger partial charge >= 0.3 is 0 Å². The number of anilines is 1. The molecular formula is C10H15N5O4. The number of nitrogens with zero attached hydrogens (tertiary/aromatic N) is 3. The van der Waals surface area contributed by atoms with Crippen molar-refractivity contribution in [3.63, 3.8) is 0 Å². The predicted octanol–water partition coefficient (Wildman–Crippen LogP) is -1.68. The Morgan fingerprint density at radius 1 is 1.53 bits per heavy atom. The lowest BCUT2D eigenvalue weighted by atomic mass is 9.98. The molecule has 0 amide bonds. The van der Waals surface area contributed by atoms with Gasteiger partial charge in [0.05, 0.1) is 12.4 Å². The number of nitrogens with one attached hydrogen (secondary N) is 1. The SMILES string of the molecule is CC(O)[C@](C)(O)[C@@H](O)n1cnc2c(=O)[nH]c(N)nc21. The lowest BCUT2D eigenvalue weighted by Gasteiger charge is -2.32. The summed E-state index contributed by atoms with van der Waals surface area (Å²) in [6, 6.07) is 0. The normalized spacial score (nSPS) is 18.2. The van der Waals surface area contributed by atoms with Crippen LogP contribution in [0.25, 0.3) is 11.2 Å². The van der Waals surface area contributed by atoms with Gasteiger partial charge in [-0.3, -0.25) is 14.3 Å². The number of aliphatic hydroxyl groups is 3. The summed E-state index contributed by atoms with van der Waals surface area (Å²) in [4.78, 5) is 21.5. The maximum Gasteiger partial charge on any atom is 0.280 e. The Morgan fingerprint density at radius 2 is 2.16 bits per heavy atom. The summed E-state index contributed by atoms with van der Waals surface area (Å²) in [6.45, 7) is 2.58. The molecule has 2 heterocycles. The molecule has 0 aromatic carbocycles. The number of hydrogen-bond acceptors (Lipinski definition) is 7. The van der Waals surface area contributed by atoms with Crippen LogP contribution < -0.4 is 11.3 Å². The Balaban J connectivity index is 2.61. The van der Waals surface area contributed by atoms with Crippen LogP contribution in [-0.4, -0.2) is 46.5 Å². The standard InChI is InChI=1S/C10H15N5O4/c1-4(16)10(2,19)8(18)15-3-12-5-6(15)13-9(11)14-7(5)17/h3-4,8,16,18-19H,1-2H3,(H3,11,13,14,17)/t4?,8-,10+/m1/s1. The number of hydrogen-bond donors (Lipinski definition) is 5. The Morgan fingerprint density at radius 3 is 2.74 bits per heavy atom. The second-order valence-electron chi connectivity index (χ2n) is 4.55. The molecule has 0 fully saturated rings. The smallest absolute Gasteiger partial charge is 0.280 e. The number of fused-ring (bicyclic) bond motifs is 1. The summed E-state index contributed by atoms with van der Waals surface area (Å²) in [7, 11) is 0. The van der Waals surface area contributed by atoms with Gasteiger partial charge in [0.1, 0.15) is 5.60 Å². The van der Waals surface area contributed by atoms with E-state index >= 15 is 0 Å². The van der Waals surface area contributed by atoms with Crippen molar-refractivity contribution in [2.75, 3.05) is 5.73 Å². The van der Waals surface area contributed by atoms with Gasteiger partial charge < -0.3 is 21.1 Å². The minimum absolute atomic E-state index is 0.0188. The first-order chi connectivity index (χ1) is 8.75. The highest BCUT2D eigenvalue weighted by atomic mass is 16.4. The molecule has 9 heteroatoms. The van der Waals surface area contributed by atoms with E-state index in [9.17, 15) is 20.1 Å². The summed E-state index contributed by atoms with van der Waals surface area (Å²) >= 11 is 0. The Labute approximate surface area is 107 Å². The van der Waals surface area contributed by atoms with Gasteiger partial charge in [0.15, 0.2) is 17.4 Å². The molecule has 104 valence electrons. The maximum atomic E-state index is 11.6. The fourth-order valence-corrected chi connectivity index (χ4v) is 1.62. The highest BCUT2D eigenvalue weighted by Crippen LogP contribution is 2.25. The summed E-state index contributed by atoms with van der Waals surface area (Å²) in [5.41, 5.74) is 3.03. The van der Waals surface area contributed by atoms with Gasteiger partial charge in [-0.2, -0.15) is 4.98 Å². The van der Waals surface area contributed by atoms with Crippen LogP contribution >= 0.6 is 0 Å². The average Bonchev–Trinajstić information content (AvgIpc) is 2.71. The molecule has 0 bridgehead atoms. The lowest BCUT2D eigenvalue weighted by Crippen LogP contribution is -2.45. The van der Waals surface area contributed by atoms with E-state index < -0.39 is 23.5 Å². The third-order valence-electron chi connectivity index (χ3n) is 3.08. The minimum Gasteiger partial charge on any atom is -0.390 e. The molecular weight excluding hydrogens is 254 g/mol. The molecule has 1 unspecified atom stereocenters. The molecule has 19 heavy (non-hydrogen) atoms. The highest BCUT2D eigenvalue weighted by molar-refractivity contribution is 5.70. The molecule has 0 aliphatic rings. The van der Waals surface area contributed by atoms with E-state index in [2.05, 4.69) is 15.0 Å². The molecule has 2 rings (SSSR count).